The van der Waals surface area contributed by atoms with Crippen molar-refractivity contribution in [2.24, 2.45) is 0 Å². The standard InChI is InChI=1S/C23H28N4O4S/c1-25-13-15-26(16-14-25)32(30,31)21-6-4-5-19(17-21)24-23(29)18-8-10-20(11-9-18)27-12-3-2-7-22(27)28/h4-6,8-11,17H,2-3,7,12-16H2,1H3,(H,24,29). The van der Waals surface area contributed by atoms with Gasteiger partial charge >= 0.3 is 0 Å². The molecule has 32 heavy (non-hydrogen) atoms. The summed E-state index contributed by atoms with van der Waals surface area (Å²) in [4.78, 5) is 28.8. The summed E-state index contributed by atoms with van der Waals surface area (Å²) in [6, 6.07) is 13.2. The Bertz CT molecular complexity index is 1090. The molecule has 0 spiro atoms. The first-order valence-electron chi connectivity index (χ1n) is 10.9. The fourth-order valence-electron chi connectivity index (χ4n) is 3.99. The van der Waals surface area contributed by atoms with E-state index in [1.54, 1.807) is 47.4 Å². The van der Waals surface area contributed by atoms with E-state index in [0.29, 0.717) is 50.4 Å². The summed E-state index contributed by atoms with van der Waals surface area (Å²) >= 11 is 0. The quantitative estimate of drug-likeness (QED) is 0.746. The molecule has 2 aliphatic heterocycles. The van der Waals surface area contributed by atoms with Crippen molar-refractivity contribution in [2.45, 2.75) is 24.2 Å². The Morgan fingerprint density at radius 1 is 0.938 bits per heavy atom. The second kappa shape index (κ2) is 9.40. The van der Waals surface area contributed by atoms with Gasteiger partial charge < -0.3 is 15.1 Å². The first kappa shape index (κ1) is 22.4. The van der Waals surface area contributed by atoms with Crippen LogP contribution in [0.2, 0.25) is 0 Å². The van der Waals surface area contributed by atoms with Crippen LogP contribution in [0.15, 0.2) is 53.4 Å². The van der Waals surface area contributed by atoms with E-state index in [2.05, 4.69) is 10.2 Å². The van der Waals surface area contributed by atoms with Crippen molar-refractivity contribution in [3.05, 3.63) is 54.1 Å². The molecule has 4 rings (SSSR count). The maximum Gasteiger partial charge on any atom is 0.255 e. The number of likely N-dealkylation sites (N-methyl/N-ethyl adjacent to an activating group) is 1. The molecule has 0 unspecified atom stereocenters. The van der Waals surface area contributed by atoms with Gasteiger partial charge in [-0.1, -0.05) is 6.07 Å². The van der Waals surface area contributed by atoms with Crippen LogP contribution in [0.4, 0.5) is 11.4 Å². The zero-order chi connectivity index (χ0) is 22.7. The number of sulfonamides is 1. The molecule has 8 nitrogen and oxygen atoms in total. The van der Waals surface area contributed by atoms with Crippen LogP contribution >= 0.6 is 0 Å². The second-order valence-electron chi connectivity index (χ2n) is 8.24. The van der Waals surface area contributed by atoms with Crippen LogP contribution in [0.3, 0.4) is 0 Å². The summed E-state index contributed by atoms with van der Waals surface area (Å²) in [5, 5.41) is 2.78. The predicted molar refractivity (Wildman–Crippen MR) is 123 cm³/mol. The van der Waals surface area contributed by atoms with Crippen molar-refractivity contribution in [1.29, 1.82) is 0 Å². The highest BCUT2D eigenvalue weighted by molar-refractivity contribution is 7.89. The first-order valence-corrected chi connectivity index (χ1v) is 12.3. The molecular formula is C23H28N4O4S. The van der Waals surface area contributed by atoms with Crippen molar-refractivity contribution in [3.63, 3.8) is 0 Å². The average molecular weight is 457 g/mol. The molecule has 9 heteroatoms. The number of carbonyl (C=O) groups excluding carboxylic acids is 2. The summed E-state index contributed by atoms with van der Waals surface area (Å²) in [7, 11) is -1.64. The fourth-order valence-corrected chi connectivity index (χ4v) is 5.46. The Morgan fingerprint density at radius 3 is 2.34 bits per heavy atom. The average Bonchev–Trinajstić information content (AvgIpc) is 2.80. The molecule has 0 saturated carbocycles. The van der Waals surface area contributed by atoms with Gasteiger partial charge in [-0.15, -0.1) is 0 Å². The van der Waals surface area contributed by atoms with Crippen LogP contribution in [0.5, 0.6) is 0 Å². The molecule has 0 aromatic heterocycles. The number of rotatable bonds is 5. The minimum atomic E-state index is -3.61. The zero-order valence-corrected chi connectivity index (χ0v) is 19.0. The number of benzene rings is 2. The lowest BCUT2D eigenvalue weighted by Gasteiger charge is -2.31. The van der Waals surface area contributed by atoms with Crippen molar-refractivity contribution in [3.8, 4) is 0 Å². The number of amides is 2. The topological polar surface area (TPSA) is 90.0 Å². The number of anilines is 2. The second-order valence-corrected chi connectivity index (χ2v) is 10.2. The predicted octanol–water partition coefficient (Wildman–Crippen LogP) is 2.39. The summed E-state index contributed by atoms with van der Waals surface area (Å²) < 4.78 is 27.4. The fraction of sp³-hybridized carbons (Fsp3) is 0.391. The van der Waals surface area contributed by atoms with Gasteiger partial charge in [-0.25, -0.2) is 8.42 Å². The van der Waals surface area contributed by atoms with E-state index in [1.165, 1.54) is 10.4 Å². The van der Waals surface area contributed by atoms with Gasteiger partial charge in [0.2, 0.25) is 15.9 Å². The third kappa shape index (κ3) is 4.85. The molecule has 2 aromatic carbocycles. The lowest BCUT2D eigenvalue weighted by Crippen LogP contribution is -2.47. The monoisotopic (exact) mass is 456 g/mol. The number of piperidine rings is 1. The molecule has 2 heterocycles. The van der Waals surface area contributed by atoms with Crippen LogP contribution in [0, 0.1) is 0 Å². The van der Waals surface area contributed by atoms with Crippen molar-refractivity contribution >= 4 is 33.2 Å². The molecule has 2 aromatic rings. The van der Waals surface area contributed by atoms with Crippen LogP contribution < -0.4 is 10.2 Å². The van der Waals surface area contributed by atoms with E-state index >= 15 is 0 Å². The highest BCUT2D eigenvalue weighted by Gasteiger charge is 2.27. The molecule has 0 radical (unpaired) electrons. The van der Waals surface area contributed by atoms with Gasteiger partial charge in [0, 0.05) is 56.1 Å². The molecule has 0 aliphatic carbocycles. The van der Waals surface area contributed by atoms with Gasteiger partial charge in [0.1, 0.15) is 0 Å². The van der Waals surface area contributed by atoms with Gasteiger partial charge in [0.15, 0.2) is 0 Å². The summed E-state index contributed by atoms with van der Waals surface area (Å²) in [6.45, 7) is 2.96. The summed E-state index contributed by atoms with van der Waals surface area (Å²) in [6.07, 6.45) is 2.44. The molecule has 1 N–H and O–H groups in total. The number of carbonyl (C=O) groups is 2. The van der Waals surface area contributed by atoms with Gasteiger partial charge in [-0.3, -0.25) is 9.59 Å². The van der Waals surface area contributed by atoms with Crippen molar-refractivity contribution < 1.29 is 18.0 Å². The smallest absolute Gasteiger partial charge is 0.255 e. The SMILES string of the molecule is CN1CCN(S(=O)(=O)c2cccc(NC(=O)c3ccc(N4CCCCC4=O)cc3)c2)CC1. The van der Waals surface area contributed by atoms with Gasteiger partial charge in [-0.2, -0.15) is 4.31 Å². The number of nitrogens with one attached hydrogen (secondary N) is 1. The van der Waals surface area contributed by atoms with Crippen molar-refractivity contribution in [1.82, 2.24) is 9.21 Å². The Labute approximate surface area is 188 Å². The van der Waals surface area contributed by atoms with Crippen LogP contribution in [-0.4, -0.2) is 69.2 Å². The van der Waals surface area contributed by atoms with E-state index in [9.17, 15) is 18.0 Å². The van der Waals surface area contributed by atoms with E-state index in [0.717, 1.165) is 18.5 Å². The minimum Gasteiger partial charge on any atom is -0.322 e. The number of hydrogen-bond donors (Lipinski definition) is 1. The molecule has 2 amide bonds. The van der Waals surface area contributed by atoms with Crippen LogP contribution in [0.25, 0.3) is 0 Å². The molecule has 2 aliphatic rings. The molecule has 0 atom stereocenters. The van der Waals surface area contributed by atoms with Crippen LogP contribution in [-0.2, 0) is 14.8 Å². The zero-order valence-electron chi connectivity index (χ0n) is 18.2. The van der Waals surface area contributed by atoms with Gasteiger partial charge in [0.05, 0.1) is 4.90 Å². The van der Waals surface area contributed by atoms with Crippen LogP contribution in [0.1, 0.15) is 29.6 Å². The molecular weight excluding hydrogens is 428 g/mol. The maximum atomic E-state index is 13.0. The molecule has 0 bridgehead atoms. The molecule has 170 valence electrons. The van der Waals surface area contributed by atoms with Gasteiger partial charge in [-0.05, 0) is 62.4 Å². The number of piperazine rings is 1. The Balaban J connectivity index is 1.45. The first-order chi connectivity index (χ1) is 15.3. The molecule has 2 saturated heterocycles. The lowest BCUT2D eigenvalue weighted by atomic mass is 10.1. The van der Waals surface area contributed by atoms with Gasteiger partial charge in [0.25, 0.3) is 5.91 Å². The highest BCUT2D eigenvalue weighted by Crippen LogP contribution is 2.23. The van der Waals surface area contributed by atoms with E-state index in [-0.39, 0.29) is 16.7 Å². The minimum absolute atomic E-state index is 0.104. The Morgan fingerprint density at radius 2 is 1.66 bits per heavy atom. The highest BCUT2D eigenvalue weighted by atomic mass is 32.2. The summed E-state index contributed by atoms with van der Waals surface area (Å²) in [5.74, 6) is -0.234. The third-order valence-corrected chi connectivity index (χ3v) is 7.85. The number of nitrogens with zero attached hydrogens (tertiary/aromatic N) is 3. The largest absolute Gasteiger partial charge is 0.322 e. The van der Waals surface area contributed by atoms with Crippen molar-refractivity contribution in [2.75, 3.05) is 50.0 Å². The lowest BCUT2D eigenvalue weighted by molar-refractivity contribution is -0.119. The summed E-state index contributed by atoms with van der Waals surface area (Å²) in [5.41, 5.74) is 1.64. The maximum absolute atomic E-state index is 13.0. The Kier molecular flexibility index (Phi) is 6.59. The van der Waals surface area contributed by atoms with E-state index < -0.39 is 10.0 Å². The third-order valence-electron chi connectivity index (χ3n) is 5.96. The molecule has 2 fully saturated rings. The Hall–Kier alpha value is -2.75. The van der Waals surface area contributed by atoms with E-state index in [4.69, 9.17) is 0 Å². The normalized spacial score (nSPS) is 18.5. The van der Waals surface area contributed by atoms with E-state index in [1.807, 2.05) is 7.05 Å². The number of hydrogen-bond acceptors (Lipinski definition) is 5.